The number of benzene rings is 2. The number of rotatable bonds is 3. The van der Waals surface area contributed by atoms with Crippen molar-refractivity contribution in [1.82, 2.24) is 0 Å². The molecular formula is C14H10Br2F2O. The van der Waals surface area contributed by atoms with Crippen molar-refractivity contribution in [2.45, 2.75) is 4.83 Å². The van der Waals surface area contributed by atoms with Crippen LogP contribution in [0.25, 0.3) is 0 Å². The SMILES string of the molecule is COc1ccc(C(Br)c2c(F)cccc2Br)c(F)c1. The van der Waals surface area contributed by atoms with Crippen LogP contribution in [0, 0.1) is 11.6 Å². The minimum Gasteiger partial charge on any atom is -0.497 e. The van der Waals surface area contributed by atoms with Gasteiger partial charge in [-0.15, -0.1) is 0 Å². The monoisotopic (exact) mass is 390 g/mol. The van der Waals surface area contributed by atoms with Gasteiger partial charge in [0.05, 0.1) is 11.9 Å². The molecule has 0 fully saturated rings. The minimum absolute atomic E-state index is 0.353. The minimum atomic E-state index is -0.575. The Balaban J connectivity index is 2.47. The second-order valence-electron chi connectivity index (χ2n) is 3.89. The third-order valence-electron chi connectivity index (χ3n) is 2.73. The number of halogens is 4. The first-order valence-corrected chi connectivity index (χ1v) is 7.17. The summed E-state index contributed by atoms with van der Waals surface area (Å²) in [5.74, 6) is -0.420. The molecule has 0 aliphatic heterocycles. The van der Waals surface area contributed by atoms with Crippen LogP contribution in [0.4, 0.5) is 8.78 Å². The zero-order valence-corrected chi connectivity index (χ0v) is 13.1. The van der Waals surface area contributed by atoms with Crippen LogP contribution in [-0.2, 0) is 0 Å². The van der Waals surface area contributed by atoms with Crippen molar-refractivity contribution in [3.05, 3.63) is 63.6 Å². The Hall–Kier alpha value is -0.940. The molecule has 1 nitrogen and oxygen atoms in total. The predicted molar refractivity (Wildman–Crippen MR) is 77.8 cm³/mol. The standard InChI is InChI=1S/C14H10Br2F2O/c1-19-8-5-6-9(12(18)7-8)14(16)13-10(15)3-2-4-11(13)17/h2-7,14H,1H3. The lowest BCUT2D eigenvalue weighted by Crippen LogP contribution is -2.01. The van der Waals surface area contributed by atoms with E-state index in [1.807, 2.05) is 0 Å². The Bertz CT molecular complexity index is 582. The zero-order chi connectivity index (χ0) is 14.0. The highest BCUT2D eigenvalue weighted by atomic mass is 79.9. The van der Waals surface area contributed by atoms with Gasteiger partial charge in [-0.3, -0.25) is 0 Å². The van der Waals surface area contributed by atoms with Gasteiger partial charge in [0.15, 0.2) is 0 Å². The van der Waals surface area contributed by atoms with Gasteiger partial charge in [0, 0.05) is 21.7 Å². The van der Waals surface area contributed by atoms with Gasteiger partial charge in [-0.1, -0.05) is 44.0 Å². The molecule has 1 unspecified atom stereocenters. The highest BCUT2D eigenvalue weighted by molar-refractivity contribution is 9.11. The molecule has 0 N–H and O–H groups in total. The summed E-state index contributed by atoms with van der Waals surface area (Å²) >= 11 is 6.62. The van der Waals surface area contributed by atoms with Crippen molar-refractivity contribution in [3.63, 3.8) is 0 Å². The topological polar surface area (TPSA) is 9.23 Å². The zero-order valence-electron chi connectivity index (χ0n) is 9.96. The molecule has 0 aliphatic carbocycles. The van der Waals surface area contributed by atoms with E-state index in [1.54, 1.807) is 24.3 Å². The van der Waals surface area contributed by atoms with Crippen molar-refractivity contribution in [2.75, 3.05) is 7.11 Å². The number of methoxy groups -OCH3 is 1. The smallest absolute Gasteiger partial charge is 0.131 e. The molecule has 0 heterocycles. The van der Waals surface area contributed by atoms with Crippen molar-refractivity contribution >= 4 is 31.9 Å². The van der Waals surface area contributed by atoms with Crippen molar-refractivity contribution < 1.29 is 13.5 Å². The van der Waals surface area contributed by atoms with Crippen molar-refractivity contribution in [2.24, 2.45) is 0 Å². The van der Waals surface area contributed by atoms with Gasteiger partial charge in [0.1, 0.15) is 17.4 Å². The summed E-state index contributed by atoms with van der Waals surface area (Å²) in [5, 5.41) is 0. The van der Waals surface area contributed by atoms with Gasteiger partial charge in [-0.2, -0.15) is 0 Å². The largest absolute Gasteiger partial charge is 0.497 e. The van der Waals surface area contributed by atoms with Gasteiger partial charge >= 0.3 is 0 Å². The Morgan fingerprint density at radius 3 is 2.42 bits per heavy atom. The van der Waals surface area contributed by atoms with Crippen LogP contribution in [0.5, 0.6) is 5.75 Å². The van der Waals surface area contributed by atoms with E-state index in [9.17, 15) is 8.78 Å². The summed E-state index contributed by atoms with van der Waals surface area (Å²) in [4.78, 5) is -0.575. The lowest BCUT2D eigenvalue weighted by atomic mass is 10.0. The second kappa shape index (κ2) is 6.01. The molecule has 2 rings (SSSR count). The Labute approximate surface area is 126 Å². The fourth-order valence-corrected chi connectivity index (χ4v) is 3.46. The van der Waals surface area contributed by atoms with E-state index in [0.717, 1.165) is 0 Å². The molecule has 100 valence electrons. The first kappa shape index (κ1) is 14.5. The van der Waals surface area contributed by atoms with Crippen LogP contribution in [0.3, 0.4) is 0 Å². The summed E-state index contributed by atoms with van der Waals surface area (Å²) in [7, 11) is 1.47. The van der Waals surface area contributed by atoms with Gasteiger partial charge in [0.2, 0.25) is 0 Å². The fraction of sp³-hybridized carbons (Fsp3) is 0.143. The average molecular weight is 392 g/mol. The lowest BCUT2D eigenvalue weighted by molar-refractivity contribution is 0.411. The van der Waals surface area contributed by atoms with Crippen molar-refractivity contribution in [3.8, 4) is 5.75 Å². The molecule has 19 heavy (non-hydrogen) atoms. The average Bonchev–Trinajstić information content (AvgIpc) is 2.38. The summed E-state index contributed by atoms with van der Waals surface area (Å²) in [6, 6.07) is 9.14. The Morgan fingerprint density at radius 2 is 1.84 bits per heavy atom. The number of ether oxygens (including phenoxy) is 1. The summed E-state index contributed by atoms with van der Waals surface area (Å²) in [6.45, 7) is 0. The van der Waals surface area contributed by atoms with E-state index in [2.05, 4.69) is 31.9 Å². The summed E-state index contributed by atoms with van der Waals surface area (Å²) < 4.78 is 33.4. The molecule has 2 aromatic rings. The van der Waals surface area contributed by atoms with Gasteiger partial charge in [0.25, 0.3) is 0 Å². The molecule has 5 heteroatoms. The number of hydrogen-bond acceptors (Lipinski definition) is 1. The van der Waals surface area contributed by atoms with Crippen LogP contribution in [-0.4, -0.2) is 7.11 Å². The highest BCUT2D eigenvalue weighted by Crippen LogP contribution is 2.38. The number of hydrogen-bond donors (Lipinski definition) is 0. The molecule has 2 aromatic carbocycles. The van der Waals surface area contributed by atoms with Crippen LogP contribution in [0.1, 0.15) is 16.0 Å². The van der Waals surface area contributed by atoms with E-state index in [-0.39, 0.29) is 0 Å². The lowest BCUT2D eigenvalue weighted by Gasteiger charge is -2.15. The first-order valence-electron chi connectivity index (χ1n) is 5.46. The molecule has 0 aromatic heterocycles. The van der Waals surface area contributed by atoms with Crippen LogP contribution in [0.2, 0.25) is 0 Å². The van der Waals surface area contributed by atoms with Crippen LogP contribution in [0.15, 0.2) is 40.9 Å². The van der Waals surface area contributed by atoms with Gasteiger partial charge in [-0.25, -0.2) is 8.78 Å². The molecule has 0 spiro atoms. The molecule has 0 radical (unpaired) electrons. The highest BCUT2D eigenvalue weighted by Gasteiger charge is 2.21. The predicted octanol–water partition coefficient (Wildman–Crippen LogP) is 5.22. The van der Waals surface area contributed by atoms with Gasteiger partial charge < -0.3 is 4.74 Å². The molecule has 0 saturated carbocycles. The molecule has 1 atom stereocenters. The fourth-order valence-electron chi connectivity index (χ4n) is 1.75. The Kier molecular flexibility index (Phi) is 4.58. The quantitative estimate of drug-likeness (QED) is 0.651. The summed E-state index contributed by atoms with van der Waals surface area (Å²) in [6.07, 6.45) is 0. The van der Waals surface area contributed by atoms with Crippen LogP contribution < -0.4 is 4.74 Å². The van der Waals surface area contributed by atoms with E-state index < -0.39 is 16.5 Å². The van der Waals surface area contributed by atoms with E-state index in [0.29, 0.717) is 21.3 Å². The third-order valence-corrected chi connectivity index (χ3v) is 4.38. The maximum atomic E-state index is 14.0. The molecule has 0 bridgehead atoms. The maximum Gasteiger partial charge on any atom is 0.131 e. The van der Waals surface area contributed by atoms with E-state index in [4.69, 9.17) is 4.74 Å². The first-order chi connectivity index (χ1) is 9.04. The van der Waals surface area contributed by atoms with Crippen LogP contribution >= 0.6 is 31.9 Å². The van der Waals surface area contributed by atoms with E-state index in [1.165, 1.54) is 19.2 Å². The molecule has 0 saturated heterocycles. The molecule has 0 amide bonds. The Morgan fingerprint density at radius 1 is 1.11 bits per heavy atom. The number of alkyl halides is 1. The second-order valence-corrected chi connectivity index (χ2v) is 5.66. The molecule has 0 aliphatic rings. The maximum absolute atomic E-state index is 14.0. The van der Waals surface area contributed by atoms with Gasteiger partial charge in [-0.05, 0) is 18.2 Å². The van der Waals surface area contributed by atoms with E-state index >= 15 is 0 Å². The van der Waals surface area contributed by atoms with Crippen molar-refractivity contribution in [1.29, 1.82) is 0 Å². The summed E-state index contributed by atoms with van der Waals surface area (Å²) in [5.41, 5.74) is 0.721. The normalized spacial score (nSPS) is 12.3. The molecular weight excluding hydrogens is 382 g/mol. The third kappa shape index (κ3) is 2.98.